The van der Waals surface area contributed by atoms with Crippen LogP contribution in [0, 0.1) is 0 Å². The summed E-state index contributed by atoms with van der Waals surface area (Å²) in [7, 11) is 0. The molecule has 2 saturated heterocycles. The first-order valence-electron chi connectivity index (χ1n) is 39.4. The van der Waals surface area contributed by atoms with Crippen molar-refractivity contribution < 1.29 is 64.6 Å². The molecular weight excluding hydrogens is 1150 g/mol. The molecule has 1 amide bonds. The maximum atomic E-state index is 13.4. The number of unbranched alkanes of at least 4 members (excludes halogenated alkanes) is 52. The highest BCUT2D eigenvalue weighted by atomic mass is 16.7. The number of allylic oxidation sites excluding steroid dienone is 2. The van der Waals surface area contributed by atoms with Gasteiger partial charge in [0.25, 0.3) is 0 Å². The van der Waals surface area contributed by atoms with Gasteiger partial charge in [-0.1, -0.05) is 347 Å². The summed E-state index contributed by atoms with van der Waals surface area (Å²) in [6.07, 6.45) is 61.0. The zero-order valence-electron chi connectivity index (χ0n) is 59.1. The number of hydrogen-bond donors (Lipinski definition) is 9. The van der Waals surface area contributed by atoms with Crippen LogP contribution in [0.1, 0.15) is 380 Å². The molecule has 2 aliphatic rings. The summed E-state index contributed by atoms with van der Waals surface area (Å²) in [5, 5.41) is 87.8. The molecule has 14 heteroatoms. The summed E-state index contributed by atoms with van der Waals surface area (Å²) in [5.74, 6) is -0.197. The molecule has 2 heterocycles. The van der Waals surface area contributed by atoms with Crippen molar-refractivity contribution in [1.82, 2.24) is 5.32 Å². The normalized spacial score (nSPS) is 22.7. The zero-order chi connectivity index (χ0) is 65.9. The number of aliphatic hydroxyl groups excluding tert-OH is 8. The highest BCUT2D eigenvalue weighted by Crippen LogP contribution is 2.30. The van der Waals surface area contributed by atoms with Crippen molar-refractivity contribution in [2.75, 3.05) is 19.8 Å². The van der Waals surface area contributed by atoms with Crippen LogP contribution in [0.5, 0.6) is 0 Å². The minimum absolute atomic E-state index is 0.197. The van der Waals surface area contributed by atoms with E-state index in [2.05, 4.69) is 31.3 Å². The number of amides is 1. The fourth-order valence-corrected chi connectivity index (χ4v) is 13.5. The molecule has 0 saturated carbocycles. The van der Waals surface area contributed by atoms with E-state index in [1.165, 1.54) is 302 Å². The molecule has 12 unspecified atom stereocenters. The Morgan fingerprint density at radius 2 is 0.692 bits per heavy atom. The number of nitrogens with one attached hydrogen (secondary N) is 1. The molecule has 0 bridgehead atoms. The van der Waals surface area contributed by atoms with Crippen LogP contribution in [-0.4, -0.2) is 140 Å². The van der Waals surface area contributed by atoms with E-state index in [-0.39, 0.29) is 12.5 Å². The zero-order valence-corrected chi connectivity index (χ0v) is 59.1. The Hall–Kier alpha value is -1.27. The number of carbonyl (C=O) groups excluding carboxylic acids is 1. The predicted molar refractivity (Wildman–Crippen MR) is 374 cm³/mol. The van der Waals surface area contributed by atoms with Crippen molar-refractivity contribution in [3.63, 3.8) is 0 Å². The van der Waals surface area contributed by atoms with Gasteiger partial charge < -0.3 is 65.1 Å². The SMILES string of the molecule is CCCCCCCCCC/C=C\CCCCCCCCCCCCCCCCCCCC(=O)NC(COC1OC(CO)C(OC2OC(CO)C(O)C(O)C2O)C(O)C1O)C(O)CCCCCCCCCCCCCCCCCCCCCCCCCCCCCC. The Morgan fingerprint density at radius 3 is 1.04 bits per heavy atom. The van der Waals surface area contributed by atoms with E-state index in [0.29, 0.717) is 12.8 Å². The van der Waals surface area contributed by atoms with Gasteiger partial charge in [-0.05, 0) is 38.5 Å². The fourth-order valence-electron chi connectivity index (χ4n) is 13.5. The first-order chi connectivity index (χ1) is 44.6. The predicted octanol–water partition coefficient (Wildman–Crippen LogP) is 17.3. The second-order valence-electron chi connectivity index (χ2n) is 28.2. The van der Waals surface area contributed by atoms with E-state index >= 15 is 0 Å². The average molecular weight is 1300 g/mol. The summed E-state index contributed by atoms with van der Waals surface area (Å²) < 4.78 is 23.0. The standard InChI is InChI=1S/C77H149NO13/c1-3-5-7-9-11-13-15-17-19-21-23-25-27-29-31-33-35-37-39-41-43-45-47-49-51-53-55-57-59-61-69(82)78-65(64-88-76-74(87)72(85)75(68(63-80)90-76)91-77-73(86)71(84)70(83)67(62-79)89-77)66(81)60-58-56-54-52-50-48-46-44-42-40-38-36-34-32-30-28-26-24-22-20-18-16-14-12-10-8-6-4-2/h21,23,65-68,70-77,79-81,83-87H,3-20,22,24-64H2,1-2H3,(H,78,82)/b23-21-. The van der Waals surface area contributed by atoms with E-state index in [9.17, 15) is 45.6 Å². The minimum atomic E-state index is -1.78. The van der Waals surface area contributed by atoms with Gasteiger partial charge >= 0.3 is 0 Å². The van der Waals surface area contributed by atoms with Crippen molar-refractivity contribution in [1.29, 1.82) is 0 Å². The van der Waals surface area contributed by atoms with Crippen LogP contribution in [0.4, 0.5) is 0 Å². The quantitative estimate of drug-likeness (QED) is 0.0204. The third kappa shape index (κ3) is 45.8. The molecule has 12 atom stereocenters. The van der Waals surface area contributed by atoms with Gasteiger partial charge in [0.15, 0.2) is 12.6 Å². The van der Waals surface area contributed by atoms with Crippen LogP contribution in [0.3, 0.4) is 0 Å². The molecule has 0 aromatic rings. The van der Waals surface area contributed by atoms with Gasteiger partial charge in [0.2, 0.25) is 5.91 Å². The van der Waals surface area contributed by atoms with Crippen LogP contribution >= 0.6 is 0 Å². The van der Waals surface area contributed by atoms with Crippen molar-refractivity contribution in [2.24, 2.45) is 0 Å². The topological polar surface area (TPSA) is 228 Å². The van der Waals surface area contributed by atoms with E-state index < -0.39 is 86.8 Å². The molecular formula is C77H149NO13. The first-order valence-corrected chi connectivity index (χ1v) is 39.4. The largest absolute Gasteiger partial charge is 0.394 e. The van der Waals surface area contributed by atoms with Crippen molar-refractivity contribution in [2.45, 2.75) is 453 Å². The number of rotatable bonds is 67. The van der Waals surface area contributed by atoms with Gasteiger partial charge in [0.05, 0.1) is 32.0 Å². The lowest BCUT2D eigenvalue weighted by atomic mass is 9.97. The molecule has 0 spiro atoms. The molecule has 540 valence electrons. The van der Waals surface area contributed by atoms with E-state index in [4.69, 9.17) is 18.9 Å². The number of carbonyl (C=O) groups is 1. The summed E-state index contributed by atoms with van der Waals surface area (Å²) in [6.45, 7) is 2.94. The van der Waals surface area contributed by atoms with E-state index in [1.54, 1.807) is 0 Å². The second kappa shape index (κ2) is 62.3. The van der Waals surface area contributed by atoms with Crippen molar-refractivity contribution in [3.05, 3.63) is 12.2 Å². The highest BCUT2D eigenvalue weighted by Gasteiger charge is 2.51. The Balaban J connectivity index is 1.61. The molecule has 0 aromatic carbocycles. The first kappa shape index (κ1) is 85.8. The summed E-state index contributed by atoms with van der Waals surface area (Å²) in [6, 6.07) is -0.827. The van der Waals surface area contributed by atoms with Crippen LogP contribution in [0.2, 0.25) is 0 Å². The molecule has 0 aromatic heterocycles. The molecule has 91 heavy (non-hydrogen) atoms. The minimum Gasteiger partial charge on any atom is -0.394 e. The second-order valence-corrected chi connectivity index (χ2v) is 28.2. The van der Waals surface area contributed by atoms with Gasteiger partial charge in [0, 0.05) is 6.42 Å². The lowest BCUT2D eigenvalue weighted by Crippen LogP contribution is -2.65. The highest BCUT2D eigenvalue weighted by molar-refractivity contribution is 5.76. The van der Waals surface area contributed by atoms with E-state index in [0.717, 1.165) is 51.4 Å². The Bertz CT molecular complexity index is 1570. The molecule has 9 N–H and O–H groups in total. The van der Waals surface area contributed by atoms with Crippen molar-refractivity contribution >= 4 is 5.91 Å². The lowest BCUT2D eigenvalue weighted by Gasteiger charge is -2.46. The third-order valence-electron chi connectivity index (χ3n) is 19.7. The number of ether oxygens (including phenoxy) is 4. The Labute approximate surface area is 558 Å². The van der Waals surface area contributed by atoms with Gasteiger partial charge in [-0.3, -0.25) is 4.79 Å². The van der Waals surface area contributed by atoms with Crippen LogP contribution < -0.4 is 5.32 Å². The summed E-state index contributed by atoms with van der Waals surface area (Å²) >= 11 is 0. The molecule has 2 rings (SSSR count). The molecule has 0 aliphatic carbocycles. The summed E-state index contributed by atoms with van der Waals surface area (Å²) in [5.41, 5.74) is 0. The monoisotopic (exact) mass is 1300 g/mol. The van der Waals surface area contributed by atoms with Crippen LogP contribution in [-0.2, 0) is 23.7 Å². The molecule has 0 radical (unpaired) electrons. The van der Waals surface area contributed by atoms with Gasteiger partial charge in [0.1, 0.15) is 48.8 Å². The molecule has 2 aliphatic heterocycles. The number of hydrogen-bond acceptors (Lipinski definition) is 13. The Kier molecular flexibility index (Phi) is 58.7. The maximum absolute atomic E-state index is 13.4. The number of aliphatic hydroxyl groups is 8. The summed E-state index contributed by atoms with van der Waals surface area (Å²) in [4.78, 5) is 13.4. The van der Waals surface area contributed by atoms with Crippen molar-refractivity contribution in [3.8, 4) is 0 Å². The van der Waals surface area contributed by atoms with Crippen LogP contribution in [0.15, 0.2) is 12.2 Å². The average Bonchev–Trinajstić information content (AvgIpc) is 1.06. The smallest absolute Gasteiger partial charge is 0.220 e. The van der Waals surface area contributed by atoms with Gasteiger partial charge in [-0.15, -0.1) is 0 Å². The maximum Gasteiger partial charge on any atom is 0.220 e. The van der Waals surface area contributed by atoms with Gasteiger partial charge in [-0.2, -0.15) is 0 Å². The molecule has 14 nitrogen and oxygen atoms in total. The molecule has 2 fully saturated rings. The van der Waals surface area contributed by atoms with Crippen LogP contribution in [0.25, 0.3) is 0 Å². The Morgan fingerprint density at radius 1 is 0.385 bits per heavy atom. The lowest BCUT2D eigenvalue weighted by molar-refractivity contribution is -0.359. The van der Waals surface area contributed by atoms with E-state index in [1.807, 2.05) is 0 Å². The fraction of sp³-hybridized carbons (Fsp3) is 0.961. The third-order valence-corrected chi connectivity index (χ3v) is 19.7. The van der Waals surface area contributed by atoms with Gasteiger partial charge in [-0.25, -0.2) is 0 Å².